The zero-order chi connectivity index (χ0) is 29.3. The predicted octanol–water partition coefficient (Wildman–Crippen LogP) is 3.59. The molecule has 220 valence electrons. The van der Waals surface area contributed by atoms with E-state index in [4.69, 9.17) is 14.2 Å². The second-order valence-corrected chi connectivity index (χ2v) is 12.1. The van der Waals surface area contributed by atoms with Crippen LogP contribution in [0.5, 0.6) is 17.2 Å². The third-order valence-electron chi connectivity index (χ3n) is 6.52. The summed E-state index contributed by atoms with van der Waals surface area (Å²) in [5.74, 6) is 1.53. The van der Waals surface area contributed by atoms with Crippen LogP contribution >= 0.6 is 0 Å². The number of ether oxygens (including phenoxy) is 3. The Hall–Kier alpha value is -3.47. The Morgan fingerprint density at radius 3 is 2.45 bits per heavy atom. The molecule has 1 aliphatic rings. The SMILES string of the molecule is CC[C@@H](C(=O)NCC(C)C)N(Cc1cccc(OC)c1)C(=O)CCCN(c1ccc2c(c1)OCCO2)S(C)(=O)=O. The highest BCUT2D eigenvalue weighted by Crippen LogP contribution is 2.34. The third kappa shape index (κ3) is 8.51. The highest BCUT2D eigenvalue weighted by Gasteiger charge is 2.29. The van der Waals surface area contributed by atoms with Crippen LogP contribution in [0.1, 0.15) is 45.6 Å². The summed E-state index contributed by atoms with van der Waals surface area (Å²) in [5.41, 5.74) is 1.27. The van der Waals surface area contributed by atoms with Gasteiger partial charge in [0.05, 0.1) is 19.1 Å². The highest BCUT2D eigenvalue weighted by atomic mass is 32.2. The van der Waals surface area contributed by atoms with E-state index in [0.717, 1.165) is 11.8 Å². The molecule has 1 atom stereocenters. The number of hydrogen-bond acceptors (Lipinski definition) is 7. The maximum absolute atomic E-state index is 13.6. The van der Waals surface area contributed by atoms with Gasteiger partial charge in [0, 0.05) is 32.1 Å². The number of fused-ring (bicyclic) bond motifs is 1. The monoisotopic (exact) mass is 575 g/mol. The molecule has 1 N–H and O–H groups in total. The summed E-state index contributed by atoms with van der Waals surface area (Å²) in [6.45, 7) is 7.54. The molecule has 1 aliphatic heterocycles. The molecule has 3 rings (SSSR count). The van der Waals surface area contributed by atoms with Crippen LogP contribution in [0.15, 0.2) is 42.5 Å². The van der Waals surface area contributed by atoms with Crippen LogP contribution in [-0.4, -0.2) is 70.8 Å². The van der Waals surface area contributed by atoms with Crippen molar-refractivity contribution in [2.24, 2.45) is 5.92 Å². The Kier molecular flexibility index (Phi) is 11.1. The first-order chi connectivity index (χ1) is 19.0. The second-order valence-electron chi connectivity index (χ2n) is 10.2. The van der Waals surface area contributed by atoms with Gasteiger partial charge in [0.15, 0.2) is 11.5 Å². The normalized spacial score (nSPS) is 13.4. The lowest BCUT2D eigenvalue weighted by molar-refractivity contribution is -0.141. The number of amides is 2. The average Bonchev–Trinajstić information content (AvgIpc) is 2.93. The maximum Gasteiger partial charge on any atom is 0.242 e. The lowest BCUT2D eigenvalue weighted by Gasteiger charge is -2.31. The van der Waals surface area contributed by atoms with E-state index < -0.39 is 16.1 Å². The van der Waals surface area contributed by atoms with Crippen LogP contribution in [-0.2, 0) is 26.2 Å². The fourth-order valence-electron chi connectivity index (χ4n) is 4.50. The quantitative estimate of drug-likeness (QED) is 0.366. The zero-order valence-corrected chi connectivity index (χ0v) is 24.8. The van der Waals surface area contributed by atoms with Gasteiger partial charge in [-0.15, -0.1) is 0 Å². The molecule has 0 radical (unpaired) electrons. The standard InChI is InChI=1S/C29H41N3O7S/c1-6-25(29(34)30-19-21(2)3)31(20-22-9-7-10-24(17-22)37-4)28(33)11-8-14-32(40(5,35)36)23-12-13-26-27(18-23)39-16-15-38-26/h7,9-10,12-13,17-18,21,25H,6,8,11,14-16,19-20H2,1-5H3,(H,30,34)/t25-/m0/s1. The maximum atomic E-state index is 13.6. The van der Waals surface area contributed by atoms with Gasteiger partial charge in [-0.1, -0.05) is 32.9 Å². The minimum atomic E-state index is -3.63. The van der Waals surface area contributed by atoms with E-state index in [2.05, 4.69) is 5.32 Å². The topological polar surface area (TPSA) is 114 Å². The molecule has 2 aromatic carbocycles. The Bertz CT molecular complexity index is 1270. The summed E-state index contributed by atoms with van der Waals surface area (Å²) in [6, 6.07) is 11.7. The Morgan fingerprint density at radius 2 is 1.80 bits per heavy atom. The fraction of sp³-hybridized carbons (Fsp3) is 0.517. The van der Waals surface area contributed by atoms with E-state index in [1.165, 1.54) is 4.31 Å². The summed E-state index contributed by atoms with van der Waals surface area (Å²) >= 11 is 0. The van der Waals surface area contributed by atoms with Crippen molar-refractivity contribution >= 4 is 27.5 Å². The molecule has 0 unspecified atom stereocenters. The van der Waals surface area contributed by atoms with Crippen LogP contribution in [0.25, 0.3) is 0 Å². The van der Waals surface area contributed by atoms with E-state index in [1.54, 1.807) is 30.2 Å². The first-order valence-electron chi connectivity index (χ1n) is 13.6. The molecule has 1 heterocycles. The molecule has 0 saturated heterocycles. The molecule has 0 aliphatic carbocycles. The van der Waals surface area contributed by atoms with Gasteiger partial charge in [-0.25, -0.2) is 8.42 Å². The van der Waals surface area contributed by atoms with Gasteiger partial charge in [0.1, 0.15) is 25.0 Å². The number of benzene rings is 2. The smallest absolute Gasteiger partial charge is 0.242 e. The molecule has 0 saturated carbocycles. The Labute approximate surface area is 237 Å². The molecule has 11 heteroatoms. The van der Waals surface area contributed by atoms with E-state index in [-0.39, 0.29) is 43.7 Å². The molecule has 0 bridgehead atoms. The lowest BCUT2D eigenvalue weighted by Crippen LogP contribution is -2.49. The number of sulfonamides is 1. The van der Waals surface area contributed by atoms with Gasteiger partial charge in [-0.05, 0) is 48.6 Å². The van der Waals surface area contributed by atoms with Crippen molar-refractivity contribution in [2.45, 2.75) is 52.6 Å². The molecule has 10 nitrogen and oxygen atoms in total. The fourth-order valence-corrected chi connectivity index (χ4v) is 5.46. The predicted molar refractivity (Wildman–Crippen MR) is 154 cm³/mol. The summed E-state index contributed by atoms with van der Waals surface area (Å²) in [4.78, 5) is 28.3. The minimum Gasteiger partial charge on any atom is -0.497 e. The van der Waals surface area contributed by atoms with Gasteiger partial charge in [0.2, 0.25) is 21.8 Å². The Balaban J connectivity index is 1.77. The summed E-state index contributed by atoms with van der Waals surface area (Å²) < 4.78 is 43.1. The van der Waals surface area contributed by atoms with E-state index in [1.807, 2.05) is 45.0 Å². The highest BCUT2D eigenvalue weighted by molar-refractivity contribution is 7.92. The second kappa shape index (κ2) is 14.2. The molecule has 40 heavy (non-hydrogen) atoms. The van der Waals surface area contributed by atoms with Crippen molar-refractivity contribution in [2.75, 3.05) is 44.0 Å². The minimum absolute atomic E-state index is 0.0640. The number of rotatable bonds is 14. The van der Waals surface area contributed by atoms with Crippen molar-refractivity contribution in [3.63, 3.8) is 0 Å². The van der Waals surface area contributed by atoms with Crippen LogP contribution in [0, 0.1) is 5.92 Å². The molecule has 2 amide bonds. The summed E-state index contributed by atoms with van der Waals surface area (Å²) in [7, 11) is -2.06. The average molecular weight is 576 g/mol. The first kappa shape index (κ1) is 31.1. The number of nitrogens with zero attached hydrogens (tertiary/aromatic N) is 2. The van der Waals surface area contributed by atoms with E-state index >= 15 is 0 Å². The number of carbonyl (C=O) groups excluding carboxylic acids is 2. The number of anilines is 1. The van der Waals surface area contributed by atoms with Crippen LogP contribution in [0.2, 0.25) is 0 Å². The molecule has 0 fully saturated rings. The molecule has 0 spiro atoms. The van der Waals surface area contributed by atoms with Crippen LogP contribution < -0.4 is 23.8 Å². The number of methoxy groups -OCH3 is 1. The first-order valence-corrected chi connectivity index (χ1v) is 15.5. The van der Waals surface area contributed by atoms with Gasteiger partial charge < -0.3 is 24.4 Å². The van der Waals surface area contributed by atoms with Crippen LogP contribution in [0.4, 0.5) is 5.69 Å². The summed E-state index contributed by atoms with van der Waals surface area (Å²) in [6.07, 6.45) is 1.90. The van der Waals surface area contributed by atoms with Gasteiger partial charge in [0.25, 0.3) is 0 Å². The van der Waals surface area contributed by atoms with Crippen molar-refractivity contribution < 1.29 is 32.2 Å². The van der Waals surface area contributed by atoms with Gasteiger partial charge >= 0.3 is 0 Å². The van der Waals surface area contributed by atoms with E-state index in [0.29, 0.717) is 49.1 Å². The van der Waals surface area contributed by atoms with E-state index in [9.17, 15) is 18.0 Å². The summed E-state index contributed by atoms with van der Waals surface area (Å²) in [5, 5.41) is 2.95. The molecule has 0 aromatic heterocycles. The van der Waals surface area contributed by atoms with Crippen LogP contribution in [0.3, 0.4) is 0 Å². The molecule has 2 aromatic rings. The van der Waals surface area contributed by atoms with Crippen molar-refractivity contribution in [3.8, 4) is 17.2 Å². The lowest BCUT2D eigenvalue weighted by atomic mass is 10.1. The van der Waals surface area contributed by atoms with Crippen molar-refractivity contribution in [1.82, 2.24) is 10.2 Å². The number of carbonyl (C=O) groups is 2. The number of hydrogen-bond donors (Lipinski definition) is 1. The van der Waals surface area contributed by atoms with Gasteiger partial charge in [-0.2, -0.15) is 0 Å². The number of nitrogens with one attached hydrogen (secondary N) is 1. The van der Waals surface area contributed by atoms with Crippen molar-refractivity contribution in [1.29, 1.82) is 0 Å². The molecular formula is C29H41N3O7S. The zero-order valence-electron chi connectivity index (χ0n) is 24.0. The van der Waals surface area contributed by atoms with Gasteiger partial charge in [-0.3, -0.25) is 13.9 Å². The molecular weight excluding hydrogens is 534 g/mol. The Morgan fingerprint density at radius 1 is 1.07 bits per heavy atom. The largest absolute Gasteiger partial charge is 0.497 e. The third-order valence-corrected chi connectivity index (χ3v) is 7.72. The van der Waals surface area contributed by atoms with Crippen molar-refractivity contribution in [3.05, 3.63) is 48.0 Å².